The lowest BCUT2D eigenvalue weighted by atomic mass is 10.0. The van der Waals surface area contributed by atoms with Gasteiger partial charge in [-0.05, 0) is 67.5 Å². The van der Waals surface area contributed by atoms with Crippen molar-refractivity contribution >= 4 is 40.9 Å². The lowest BCUT2D eigenvalue weighted by Crippen LogP contribution is -2.54. The zero-order chi connectivity index (χ0) is 20.4. The summed E-state index contributed by atoms with van der Waals surface area (Å²) in [5, 5.41) is 2.64. The summed E-state index contributed by atoms with van der Waals surface area (Å²) in [6.45, 7) is 3.81. The average molecular weight is 396 g/mol. The predicted octanol–water partition coefficient (Wildman–Crippen LogP) is 3.15. The number of rotatable bonds is 4. The molecule has 0 radical (unpaired) electrons. The zero-order valence-electron chi connectivity index (χ0n) is 16.0. The van der Waals surface area contributed by atoms with E-state index in [2.05, 4.69) is 5.32 Å². The molecule has 144 valence electrons. The molecule has 1 saturated heterocycles. The molecule has 1 heterocycles. The van der Waals surface area contributed by atoms with E-state index in [0.29, 0.717) is 22.7 Å². The minimum absolute atomic E-state index is 0.00973. The van der Waals surface area contributed by atoms with E-state index in [1.54, 1.807) is 31.4 Å². The van der Waals surface area contributed by atoms with Crippen LogP contribution in [-0.4, -0.2) is 31.1 Å². The molecular formula is C21H20N2O4S. The third-order valence-corrected chi connectivity index (χ3v) is 4.75. The van der Waals surface area contributed by atoms with E-state index in [0.717, 1.165) is 11.1 Å². The van der Waals surface area contributed by atoms with Gasteiger partial charge in [0.15, 0.2) is 16.6 Å². The van der Waals surface area contributed by atoms with Gasteiger partial charge in [-0.1, -0.05) is 17.7 Å². The summed E-state index contributed by atoms with van der Waals surface area (Å²) in [5.74, 6) is 0.0675. The highest BCUT2D eigenvalue weighted by atomic mass is 32.1. The van der Waals surface area contributed by atoms with Crippen molar-refractivity contribution in [3.63, 3.8) is 0 Å². The molecular weight excluding hydrogens is 376 g/mol. The average Bonchev–Trinajstić information content (AvgIpc) is 2.67. The molecule has 3 rings (SSSR count). The minimum Gasteiger partial charge on any atom is -0.493 e. The number of anilines is 1. The quantitative estimate of drug-likeness (QED) is 0.489. The molecule has 1 fully saturated rings. The van der Waals surface area contributed by atoms with Crippen molar-refractivity contribution < 1.29 is 19.1 Å². The summed E-state index contributed by atoms with van der Waals surface area (Å²) in [6.07, 6.45) is 1.54. The summed E-state index contributed by atoms with van der Waals surface area (Å²) >= 11 is 5.22. The highest BCUT2D eigenvalue weighted by Gasteiger charge is 2.34. The fourth-order valence-corrected chi connectivity index (χ4v) is 3.17. The molecule has 0 unspecified atom stereocenters. The van der Waals surface area contributed by atoms with Crippen molar-refractivity contribution in [1.29, 1.82) is 0 Å². The molecule has 2 amide bonds. The topological polar surface area (TPSA) is 67.9 Å². The summed E-state index contributed by atoms with van der Waals surface area (Å²) in [6, 6.07) is 10.9. The Labute approximate surface area is 168 Å². The van der Waals surface area contributed by atoms with Gasteiger partial charge in [0.1, 0.15) is 5.57 Å². The number of carbonyl (C=O) groups is 2. The van der Waals surface area contributed by atoms with Crippen molar-refractivity contribution in [2.75, 3.05) is 19.1 Å². The van der Waals surface area contributed by atoms with Crippen LogP contribution in [0.3, 0.4) is 0 Å². The van der Waals surface area contributed by atoms with Crippen LogP contribution in [-0.2, 0) is 9.59 Å². The number of hydrogen-bond donors (Lipinski definition) is 1. The third kappa shape index (κ3) is 3.61. The second kappa shape index (κ2) is 7.82. The maximum atomic E-state index is 13.1. The Morgan fingerprint density at radius 1 is 1.00 bits per heavy atom. The van der Waals surface area contributed by atoms with Gasteiger partial charge in [-0.25, -0.2) is 0 Å². The first-order chi connectivity index (χ1) is 13.3. The summed E-state index contributed by atoms with van der Waals surface area (Å²) in [7, 11) is 3.08. The Hall–Kier alpha value is -3.19. The number of methoxy groups -OCH3 is 2. The smallest absolute Gasteiger partial charge is 0.270 e. The Morgan fingerprint density at radius 3 is 2.21 bits per heavy atom. The second-order valence-electron chi connectivity index (χ2n) is 6.36. The molecule has 7 heteroatoms. The molecule has 0 atom stereocenters. The van der Waals surface area contributed by atoms with Crippen LogP contribution >= 0.6 is 12.2 Å². The van der Waals surface area contributed by atoms with Crippen molar-refractivity contribution in [2.24, 2.45) is 0 Å². The van der Waals surface area contributed by atoms with Crippen LogP contribution in [0.1, 0.15) is 16.7 Å². The Balaban J connectivity index is 2.05. The van der Waals surface area contributed by atoms with Gasteiger partial charge in [0.05, 0.1) is 19.9 Å². The number of ether oxygens (including phenoxy) is 2. The molecule has 28 heavy (non-hydrogen) atoms. The molecule has 0 saturated carbocycles. The molecule has 2 aromatic rings. The number of thiocarbonyl (C=S) groups is 1. The van der Waals surface area contributed by atoms with Crippen LogP contribution < -0.4 is 19.7 Å². The van der Waals surface area contributed by atoms with Crippen LogP contribution in [0.4, 0.5) is 5.69 Å². The van der Waals surface area contributed by atoms with E-state index in [-0.39, 0.29) is 10.7 Å². The van der Waals surface area contributed by atoms with Crippen molar-refractivity contribution in [3.05, 3.63) is 58.7 Å². The monoisotopic (exact) mass is 396 g/mol. The van der Waals surface area contributed by atoms with Crippen LogP contribution in [0.2, 0.25) is 0 Å². The fraction of sp³-hybridized carbons (Fsp3) is 0.190. The van der Waals surface area contributed by atoms with Gasteiger partial charge < -0.3 is 9.47 Å². The van der Waals surface area contributed by atoms with Crippen molar-refractivity contribution in [3.8, 4) is 11.5 Å². The summed E-state index contributed by atoms with van der Waals surface area (Å²) in [5.41, 5.74) is 3.15. The number of hydrogen-bond acceptors (Lipinski definition) is 5. The van der Waals surface area contributed by atoms with Gasteiger partial charge in [-0.2, -0.15) is 0 Å². The molecule has 0 spiro atoms. The van der Waals surface area contributed by atoms with E-state index < -0.39 is 11.8 Å². The number of aryl methyl sites for hydroxylation is 2. The van der Waals surface area contributed by atoms with E-state index in [4.69, 9.17) is 21.7 Å². The van der Waals surface area contributed by atoms with Gasteiger partial charge in [0, 0.05) is 0 Å². The van der Waals surface area contributed by atoms with Crippen molar-refractivity contribution in [2.45, 2.75) is 13.8 Å². The SMILES string of the molecule is COc1cc(C)c(C=C2C(=O)NC(=S)N(c3ccc(C)cc3)C2=O)cc1OC. The second-order valence-corrected chi connectivity index (χ2v) is 6.74. The first kappa shape index (κ1) is 19.6. The number of carbonyl (C=O) groups excluding carboxylic acids is 2. The molecule has 0 bridgehead atoms. The lowest BCUT2D eigenvalue weighted by Gasteiger charge is -2.29. The Bertz CT molecular complexity index is 996. The molecule has 2 aromatic carbocycles. The van der Waals surface area contributed by atoms with E-state index in [1.807, 2.05) is 26.0 Å². The maximum Gasteiger partial charge on any atom is 0.270 e. The van der Waals surface area contributed by atoms with Gasteiger partial charge in [0.2, 0.25) is 0 Å². The minimum atomic E-state index is -0.535. The Morgan fingerprint density at radius 2 is 1.61 bits per heavy atom. The number of nitrogens with zero attached hydrogens (tertiary/aromatic N) is 1. The molecule has 1 N–H and O–H groups in total. The number of nitrogens with one attached hydrogen (secondary N) is 1. The van der Waals surface area contributed by atoms with E-state index >= 15 is 0 Å². The lowest BCUT2D eigenvalue weighted by molar-refractivity contribution is -0.122. The number of benzene rings is 2. The first-order valence-electron chi connectivity index (χ1n) is 8.56. The van der Waals surface area contributed by atoms with Crippen LogP contribution in [0.25, 0.3) is 6.08 Å². The molecule has 1 aliphatic heterocycles. The van der Waals surface area contributed by atoms with Crippen LogP contribution in [0.15, 0.2) is 42.0 Å². The van der Waals surface area contributed by atoms with Gasteiger partial charge in [-0.15, -0.1) is 0 Å². The summed E-state index contributed by atoms with van der Waals surface area (Å²) < 4.78 is 10.6. The normalized spacial score (nSPS) is 15.6. The van der Waals surface area contributed by atoms with Gasteiger partial charge in [-0.3, -0.25) is 19.8 Å². The van der Waals surface area contributed by atoms with Crippen molar-refractivity contribution in [1.82, 2.24) is 5.32 Å². The van der Waals surface area contributed by atoms with E-state index in [1.165, 1.54) is 18.1 Å². The fourth-order valence-electron chi connectivity index (χ4n) is 2.89. The standard InChI is InChI=1S/C21H20N2O4S/c1-12-5-7-15(8-6-12)23-20(25)16(19(24)22-21(23)28)10-14-11-18(27-4)17(26-3)9-13(14)2/h5-11H,1-4H3,(H,22,24,28). The molecule has 1 aliphatic rings. The molecule has 0 aliphatic carbocycles. The van der Waals surface area contributed by atoms with Gasteiger partial charge in [0.25, 0.3) is 11.8 Å². The maximum absolute atomic E-state index is 13.1. The molecule has 6 nitrogen and oxygen atoms in total. The summed E-state index contributed by atoms with van der Waals surface area (Å²) in [4.78, 5) is 26.9. The zero-order valence-corrected chi connectivity index (χ0v) is 16.8. The highest BCUT2D eigenvalue weighted by Crippen LogP contribution is 2.32. The van der Waals surface area contributed by atoms with Crippen LogP contribution in [0, 0.1) is 13.8 Å². The largest absolute Gasteiger partial charge is 0.493 e. The highest BCUT2D eigenvalue weighted by molar-refractivity contribution is 7.80. The Kier molecular flexibility index (Phi) is 5.46. The van der Waals surface area contributed by atoms with Crippen LogP contribution in [0.5, 0.6) is 11.5 Å². The third-order valence-electron chi connectivity index (χ3n) is 4.47. The van der Waals surface area contributed by atoms with E-state index in [9.17, 15) is 9.59 Å². The number of amides is 2. The predicted molar refractivity (Wildman–Crippen MR) is 112 cm³/mol. The van der Waals surface area contributed by atoms with Gasteiger partial charge >= 0.3 is 0 Å². The molecule has 0 aromatic heterocycles. The first-order valence-corrected chi connectivity index (χ1v) is 8.97.